The van der Waals surface area contributed by atoms with Gasteiger partial charge in [0.05, 0.1) is 23.2 Å². The molecule has 10 rings (SSSR count). The number of urea groups is 1. The molecule has 4 saturated heterocycles. The molecule has 1 aliphatic carbocycles. The summed E-state index contributed by atoms with van der Waals surface area (Å²) in [5, 5.41) is 14.1. The third kappa shape index (κ3) is 5.83. The number of hydrogen-bond acceptors (Lipinski definition) is 13. The predicted octanol–water partition coefficient (Wildman–Crippen LogP) is 0.697. The van der Waals surface area contributed by atoms with Crippen molar-refractivity contribution in [2.45, 2.75) is 62.8 Å². The number of primary amides is 1. The van der Waals surface area contributed by atoms with Crippen molar-refractivity contribution in [3.05, 3.63) is 64.3 Å². The quantitative estimate of drug-likeness (QED) is 0.270. The summed E-state index contributed by atoms with van der Waals surface area (Å²) in [5.74, 6) is -1.69. The molecule has 1 saturated carbocycles. The number of fused-ring (bicyclic) bond motifs is 4. The summed E-state index contributed by atoms with van der Waals surface area (Å²) in [4.78, 5) is 92.1. The molecule has 2 bridgehead atoms. The van der Waals surface area contributed by atoms with Gasteiger partial charge in [-0.1, -0.05) is 6.07 Å². The van der Waals surface area contributed by atoms with Gasteiger partial charge in [-0.25, -0.2) is 4.79 Å². The van der Waals surface area contributed by atoms with E-state index in [1.807, 2.05) is 24.1 Å². The zero-order chi connectivity index (χ0) is 39.3. The van der Waals surface area contributed by atoms with Gasteiger partial charge in [-0.15, -0.1) is 10.2 Å². The van der Waals surface area contributed by atoms with Gasteiger partial charge in [-0.2, -0.15) is 4.98 Å². The summed E-state index contributed by atoms with van der Waals surface area (Å²) in [6.07, 6.45) is 2.93. The minimum Gasteiger partial charge on any atom is -0.368 e. The number of carbonyl (C=O) groups is 6. The number of anilines is 4. The lowest BCUT2D eigenvalue weighted by atomic mass is 9.95. The Morgan fingerprint density at radius 3 is 2.39 bits per heavy atom. The number of benzene rings is 2. The summed E-state index contributed by atoms with van der Waals surface area (Å²) >= 11 is 0. The van der Waals surface area contributed by atoms with Crippen LogP contribution in [-0.4, -0.2) is 141 Å². The average molecular weight is 775 g/mol. The highest BCUT2D eigenvalue weighted by Crippen LogP contribution is 2.43. The maximum absolute atomic E-state index is 13.3. The average Bonchev–Trinajstić information content (AvgIpc) is 3.93. The normalized spacial score (nSPS) is 26.0. The van der Waals surface area contributed by atoms with Crippen LogP contribution in [-0.2, 0) is 22.6 Å². The van der Waals surface area contributed by atoms with Crippen molar-refractivity contribution in [1.82, 2.24) is 40.1 Å². The van der Waals surface area contributed by atoms with Gasteiger partial charge >= 0.3 is 6.03 Å². The van der Waals surface area contributed by atoms with E-state index in [0.717, 1.165) is 68.3 Å². The van der Waals surface area contributed by atoms with E-state index in [2.05, 4.69) is 47.7 Å². The van der Waals surface area contributed by atoms with E-state index in [4.69, 9.17) is 10.7 Å². The fourth-order valence-corrected chi connectivity index (χ4v) is 9.88. The highest BCUT2D eigenvalue weighted by molar-refractivity contribution is 6.23. The Kier molecular flexibility index (Phi) is 8.17. The molecule has 4 N–H and O–H groups in total. The van der Waals surface area contributed by atoms with Crippen molar-refractivity contribution in [2.75, 3.05) is 61.4 Å². The number of hydrogen-bond donors (Lipinski definition) is 3. The van der Waals surface area contributed by atoms with Gasteiger partial charge in [0.25, 0.3) is 17.7 Å². The molecule has 4 unspecified atom stereocenters. The van der Waals surface area contributed by atoms with Crippen molar-refractivity contribution in [3.8, 4) is 0 Å². The van der Waals surface area contributed by atoms with E-state index in [1.165, 1.54) is 11.1 Å². The number of carbonyl (C=O) groups excluding carboxylic acids is 6. The lowest BCUT2D eigenvalue weighted by molar-refractivity contribution is -0.136. The number of aromatic nitrogens is 3. The Morgan fingerprint density at radius 2 is 1.65 bits per heavy atom. The number of rotatable bonds is 8. The largest absolute Gasteiger partial charge is 0.368 e. The first-order chi connectivity index (χ1) is 27.5. The summed E-state index contributed by atoms with van der Waals surface area (Å²) < 4.78 is 0. The van der Waals surface area contributed by atoms with Crippen molar-refractivity contribution in [2.24, 2.45) is 11.7 Å². The van der Waals surface area contributed by atoms with Crippen molar-refractivity contribution < 1.29 is 28.8 Å². The van der Waals surface area contributed by atoms with Crippen LogP contribution in [0.15, 0.2) is 36.4 Å². The number of likely N-dealkylation sites (N-methyl/N-ethyl adjacent to an activating group) is 1. The van der Waals surface area contributed by atoms with Crippen molar-refractivity contribution >= 4 is 58.7 Å². The molecule has 5 fully saturated rings. The summed E-state index contributed by atoms with van der Waals surface area (Å²) in [6.45, 7) is 5.33. The molecule has 18 heteroatoms. The van der Waals surface area contributed by atoms with E-state index in [9.17, 15) is 28.8 Å². The van der Waals surface area contributed by atoms with Crippen LogP contribution in [0.1, 0.15) is 68.0 Å². The molecule has 294 valence electrons. The number of amides is 7. The minimum absolute atomic E-state index is 0.0413. The van der Waals surface area contributed by atoms with Crippen LogP contribution in [0.4, 0.5) is 27.9 Å². The van der Waals surface area contributed by atoms with E-state index in [0.29, 0.717) is 31.0 Å². The Hall–Kier alpha value is -6.17. The van der Waals surface area contributed by atoms with Crippen LogP contribution in [0.2, 0.25) is 0 Å². The minimum atomic E-state index is -0.994. The molecule has 4 atom stereocenters. The van der Waals surface area contributed by atoms with Crippen LogP contribution in [0.5, 0.6) is 0 Å². The van der Waals surface area contributed by atoms with Crippen LogP contribution in [0.3, 0.4) is 0 Å². The molecule has 3 aromatic rings. The van der Waals surface area contributed by atoms with Gasteiger partial charge in [0.2, 0.25) is 17.8 Å². The maximum atomic E-state index is 13.3. The van der Waals surface area contributed by atoms with Crippen LogP contribution in [0.25, 0.3) is 0 Å². The molecule has 18 nitrogen and oxygen atoms in total. The van der Waals surface area contributed by atoms with E-state index < -0.39 is 35.6 Å². The van der Waals surface area contributed by atoms with Gasteiger partial charge in [-0.3, -0.25) is 39.1 Å². The SMILES string of the molecule is CN1CCN(C2CC3CC2N(c2nnc(C(N)=O)c(Nc4ccc5c(c4)CCN(C4CN(c6ccc7c(c6)C(=O)N(C6CCC(=O)NC6=O)C7=O)C4)C5)n2)C3)C1=O. The Labute approximate surface area is 327 Å². The smallest absolute Gasteiger partial charge is 0.320 e. The summed E-state index contributed by atoms with van der Waals surface area (Å²) in [5.41, 5.74) is 10.2. The van der Waals surface area contributed by atoms with Gasteiger partial charge in [-0.05, 0) is 73.1 Å². The molecular formula is C39H42N12O6. The second-order valence-corrected chi connectivity index (χ2v) is 16.3. The Morgan fingerprint density at radius 1 is 0.860 bits per heavy atom. The summed E-state index contributed by atoms with van der Waals surface area (Å²) in [7, 11) is 1.83. The first-order valence-corrected chi connectivity index (χ1v) is 19.6. The number of nitrogens with one attached hydrogen (secondary N) is 2. The molecule has 7 amide bonds. The first-order valence-electron chi connectivity index (χ1n) is 19.6. The van der Waals surface area contributed by atoms with Crippen molar-refractivity contribution in [1.29, 1.82) is 0 Å². The van der Waals surface area contributed by atoms with Crippen LogP contribution in [0, 0.1) is 5.92 Å². The predicted molar refractivity (Wildman–Crippen MR) is 204 cm³/mol. The molecule has 6 aliphatic heterocycles. The molecule has 2 aromatic carbocycles. The lowest BCUT2D eigenvalue weighted by Gasteiger charge is -2.48. The number of piperidine rings is 2. The van der Waals surface area contributed by atoms with E-state index in [1.54, 1.807) is 17.0 Å². The van der Waals surface area contributed by atoms with Gasteiger partial charge in [0.15, 0.2) is 11.5 Å². The Balaban J connectivity index is 0.788. The molecule has 7 heterocycles. The zero-order valence-corrected chi connectivity index (χ0v) is 31.4. The second kappa shape index (κ2) is 13.2. The summed E-state index contributed by atoms with van der Waals surface area (Å²) in [6, 6.07) is 10.9. The third-order valence-corrected chi connectivity index (χ3v) is 12.9. The topological polar surface area (TPSA) is 211 Å². The highest BCUT2D eigenvalue weighted by atomic mass is 16.2. The Bertz CT molecular complexity index is 2280. The maximum Gasteiger partial charge on any atom is 0.320 e. The first kappa shape index (κ1) is 35.3. The van der Waals surface area contributed by atoms with Gasteiger partial charge in [0.1, 0.15) is 6.04 Å². The fourth-order valence-electron chi connectivity index (χ4n) is 9.88. The third-order valence-electron chi connectivity index (χ3n) is 12.9. The second-order valence-electron chi connectivity index (χ2n) is 16.3. The number of nitrogens with zero attached hydrogens (tertiary/aromatic N) is 9. The number of imide groups is 2. The van der Waals surface area contributed by atoms with E-state index >= 15 is 0 Å². The lowest BCUT2D eigenvalue weighted by Crippen LogP contribution is -2.60. The molecule has 57 heavy (non-hydrogen) atoms. The molecule has 0 spiro atoms. The standard InChI is InChI=1S/C39H42N12O6/c1-46-10-11-49(39(46)57)29-12-20-13-30(29)50(16-20)38-43-34(32(33(40)53)44-45-38)41-23-3-2-22-17-47(9-8-21(22)14-23)25-18-48(19-25)24-4-5-26-27(15-24)37(56)51(36(26)55)28-6-7-31(52)42-35(28)54/h2-5,14-15,20,25,28-30H,6-13,16-19H2,1H3,(H2,40,53)(H,41,43,45)(H,42,52,54). The van der Waals surface area contributed by atoms with Crippen molar-refractivity contribution in [3.63, 3.8) is 0 Å². The van der Waals surface area contributed by atoms with Gasteiger partial charge < -0.3 is 30.7 Å². The van der Waals surface area contributed by atoms with Crippen LogP contribution < -0.4 is 26.2 Å². The molecular weight excluding hydrogens is 733 g/mol. The van der Waals surface area contributed by atoms with E-state index in [-0.39, 0.29) is 53.6 Å². The molecule has 7 aliphatic rings. The fraction of sp³-hybridized carbons (Fsp3) is 0.462. The highest BCUT2D eigenvalue weighted by Gasteiger charge is 2.51. The monoisotopic (exact) mass is 774 g/mol. The van der Waals surface area contributed by atoms with Gasteiger partial charge in [0, 0.05) is 76.7 Å². The molecule has 0 radical (unpaired) electrons. The van der Waals surface area contributed by atoms with Crippen LogP contribution >= 0.6 is 0 Å². The number of nitrogens with two attached hydrogens (primary N) is 1. The zero-order valence-electron chi connectivity index (χ0n) is 31.4. The molecule has 1 aromatic heterocycles.